The summed E-state index contributed by atoms with van der Waals surface area (Å²) in [6.45, 7) is 11.5. The zero-order valence-electron chi connectivity index (χ0n) is 13.7. The molecular formula is C16H31N5. The van der Waals surface area contributed by atoms with Crippen LogP contribution in [0.3, 0.4) is 0 Å². The van der Waals surface area contributed by atoms with E-state index in [0.29, 0.717) is 5.92 Å². The van der Waals surface area contributed by atoms with E-state index in [-0.39, 0.29) is 0 Å². The van der Waals surface area contributed by atoms with Crippen molar-refractivity contribution < 1.29 is 0 Å². The van der Waals surface area contributed by atoms with E-state index in [0.717, 1.165) is 31.7 Å². The first-order valence-corrected chi connectivity index (χ1v) is 8.56. The predicted octanol–water partition coefficient (Wildman–Crippen LogP) is 1.94. The lowest BCUT2D eigenvalue weighted by Crippen LogP contribution is -2.43. The maximum Gasteiger partial charge on any atom is 0.0829 e. The third kappa shape index (κ3) is 6.57. The van der Waals surface area contributed by atoms with E-state index < -0.39 is 0 Å². The summed E-state index contributed by atoms with van der Waals surface area (Å²) in [4.78, 5) is 2.58. The molecule has 1 aromatic heterocycles. The van der Waals surface area contributed by atoms with Crippen LogP contribution in [0, 0.1) is 5.92 Å². The van der Waals surface area contributed by atoms with E-state index in [1.54, 1.807) is 0 Å². The van der Waals surface area contributed by atoms with Crippen LogP contribution in [0.1, 0.15) is 45.2 Å². The second-order valence-electron chi connectivity index (χ2n) is 6.58. The first-order chi connectivity index (χ1) is 10.2. The molecule has 0 bridgehead atoms. The largest absolute Gasteiger partial charge is 0.314 e. The maximum absolute atomic E-state index is 4.23. The van der Waals surface area contributed by atoms with E-state index in [9.17, 15) is 0 Å². The van der Waals surface area contributed by atoms with Crippen LogP contribution in [0.5, 0.6) is 0 Å². The predicted molar refractivity (Wildman–Crippen MR) is 86.3 cm³/mol. The number of aryl methyl sites for hydroxylation is 1. The van der Waals surface area contributed by atoms with Gasteiger partial charge in [-0.3, -0.25) is 4.68 Å². The SMILES string of the molecule is CC(C)Cc1cn(CCCCCCN2CCNCC2)nn1. The molecule has 2 rings (SSSR count). The van der Waals surface area contributed by atoms with Gasteiger partial charge in [-0.25, -0.2) is 0 Å². The van der Waals surface area contributed by atoms with Crippen LogP contribution in [0.25, 0.3) is 0 Å². The van der Waals surface area contributed by atoms with Crippen molar-refractivity contribution in [2.75, 3.05) is 32.7 Å². The lowest BCUT2D eigenvalue weighted by Gasteiger charge is -2.26. The highest BCUT2D eigenvalue weighted by Gasteiger charge is 2.08. The Bertz CT molecular complexity index is 382. The lowest BCUT2D eigenvalue weighted by atomic mass is 10.1. The van der Waals surface area contributed by atoms with E-state index in [1.165, 1.54) is 45.3 Å². The fraction of sp³-hybridized carbons (Fsp3) is 0.875. The fourth-order valence-corrected chi connectivity index (χ4v) is 2.86. The van der Waals surface area contributed by atoms with Gasteiger partial charge in [-0.1, -0.05) is 31.9 Å². The van der Waals surface area contributed by atoms with Gasteiger partial charge in [0.15, 0.2) is 0 Å². The minimum absolute atomic E-state index is 0.653. The van der Waals surface area contributed by atoms with Gasteiger partial charge in [-0.05, 0) is 31.7 Å². The van der Waals surface area contributed by atoms with Gasteiger partial charge in [-0.15, -0.1) is 5.10 Å². The zero-order valence-corrected chi connectivity index (χ0v) is 13.7. The highest BCUT2D eigenvalue weighted by molar-refractivity contribution is 4.93. The summed E-state index contributed by atoms with van der Waals surface area (Å²) in [6.07, 6.45) is 8.32. The van der Waals surface area contributed by atoms with Gasteiger partial charge in [0.25, 0.3) is 0 Å². The molecule has 0 atom stereocenters. The van der Waals surface area contributed by atoms with Gasteiger partial charge in [0.1, 0.15) is 0 Å². The molecule has 1 fully saturated rings. The summed E-state index contributed by atoms with van der Waals surface area (Å²) in [5, 5.41) is 11.8. The zero-order chi connectivity index (χ0) is 14.9. The van der Waals surface area contributed by atoms with Gasteiger partial charge >= 0.3 is 0 Å². The highest BCUT2D eigenvalue weighted by Crippen LogP contribution is 2.06. The molecular weight excluding hydrogens is 262 g/mol. The van der Waals surface area contributed by atoms with Gasteiger partial charge in [0.2, 0.25) is 0 Å². The Morgan fingerprint density at radius 3 is 2.52 bits per heavy atom. The molecule has 2 heterocycles. The Hall–Kier alpha value is -0.940. The molecule has 1 aromatic rings. The molecule has 120 valence electrons. The van der Waals surface area contributed by atoms with Crippen LogP contribution in [0.2, 0.25) is 0 Å². The lowest BCUT2D eigenvalue weighted by molar-refractivity contribution is 0.235. The molecule has 1 saturated heterocycles. The minimum atomic E-state index is 0.653. The minimum Gasteiger partial charge on any atom is -0.314 e. The summed E-state index contributed by atoms with van der Waals surface area (Å²) in [5.41, 5.74) is 1.13. The molecule has 0 aromatic carbocycles. The number of hydrogen-bond donors (Lipinski definition) is 1. The third-order valence-electron chi connectivity index (χ3n) is 4.02. The van der Waals surface area contributed by atoms with E-state index in [2.05, 4.69) is 40.6 Å². The van der Waals surface area contributed by atoms with Crippen molar-refractivity contribution in [3.8, 4) is 0 Å². The fourth-order valence-electron chi connectivity index (χ4n) is 2.86. The molecule has 0 radical (unpaired) electrons. The summed E-state index contributed by atoms with van der Waals surface area (Å²) < 4.78 is 2.01. The van der Waals surface area contributed by atoms with Crippen LogP contribution < -0.4 is 5.32 Å². The number of unbranched alkanes of at least 4 members (excludes halogenated alkanes) is 3. The molecule has 0 amide bonds. The molecule has 0 unspecified atom stereocenters. The van der Waals surface area contributed by atoms with Crippen LogP contribution in [0.4, 0.5) is 0 Å². The molecule has 1 aliphatic rings. The van der Waals surface area contributed by atoms with E-state index in [4.69, 9.17) is 0 Å². The number of nitrogens with one attached hydrogen (secondary N) is 1. The van der Waals surface area contributed by atoms with Crippen molar-refractivity contribution in [2.24, 2.45) is 5.92 Å². The topological polar surface area (TPSA) is 46.0 Å². The molecule has 0 spiro atoms. The number of nitrogens with zero attached hydrogens (tertiary/aromatic N) is 4. The van der Waals surface area contributed by atoms with Crippen molar-refractivity contribution >= 4 is 0 Å². The Morgan fingerprint density at radius 1 is 1.10 bits per heavy atom. The van der Waals surface area contributed by atoms with Crippen molar-refractivity contribution in [1.82, 2.24) is 25.2 Å². The van der Waals surface area contributed by atoms with Gasteiger partial charge in [0, 0.05) is 38.9 Å². The van der Waals surface area contributed by atoms with Gasteiger partial charge in [-0.2, -0.15) is 0 Å². The Kier molecular flexibility index (Phi) is 7.16. The molecule has 1 N–H and O–H groups in total. The maximum atomic E-state index is 4.23. The number of hydrogen-bond acceptors (Lipinski definition) is 4. The summed E-state index contributed by atoms with van der Waals surface area (Å²) >= 11 is 0. The van der Waals surface area contributed by atoms with Crippen molar-refractivity contribution in [1.29, 1.82) is 0 Å². The smallest absolute Gasteiger partial charge is 0.0829 e. The van der Waals surface area contributed by atoms with E-state index >= 15 is 0 Å². The standard InChI is InChI=1S/C16H31N5/c1-15(2)13-16-14-21(19-18-16)10-6-4-3-5-9-20-11-7-17-8-12-20/h14-15,17H,3-13H2,1-2H3. The van der Waals surface area contributed by atoms with Crippen molar-refractivity contribution in [2.45, 2.75) is 52.5 Å². The van der Waals surface area contributed by atoms with Crippen LogP contribution in [-0.4, -0.2) is 52.6 Å². The van der Waals surface area contributed by atoms with Crippen LogP contribution >= 0.6 is 0 Å². The molecule has 0 aliphatic carbocycles. The highest BCUT2D eigenvalue weighted by atomic mass is 15.4. The second kappa shape index (κ2) is 9.15. The molecule has 0 saturated carbocycles. The molecule has 5 nitrogen and oxygen atoms in total. The van der Waals surface area contributed by atoms with E-state index in [1.807, 2.05) is 4.68 Å². The molecule has 21 heavy (non-hydrogen) atoms. The first kappa shape index (κ1) is 16.4. The summed E-state index contributed by atoms with van der Waals surface area (Å²) in [7, 11) is 0. The average molecular weight is 293 g/mol. The summed E-state index contributed by atoms with van der Waals surface area (Å²) in [5.74, 6) is 0.653. The number of aromatic nitrogens is 3. The molecule has 5 heteroatoms. The van der Waals surface area contributed by atoms with Crippen molar-refractivity contribution in [3.63, 3.8) is 0 Å². The first-order valence-electron chi connectivity index (χ1n) is 8.56. The average Bonchev–Trinajstić information content (AvgIpc) is 2.90. The van der Waals surface area contributed by atoms with Gasteiger partial charge in [0.05, 0.1) is 5.69 Å². The normalized spacial score (nSPS) is 16.7. The Morgan fingerprint density at radius 2 is 1.81 bits per heavy atom. The Balaban J connectivity index is 1.50. The molecule has 1 aliphatic heterocycles. The monoisotopic (exact) mass is 293 g/mol. The van der Waals surface area contributed by atoms with Gasteiger partial charge < -0.3 is 10.2 Å². The third-order valence-corrected chi connectivity index (χ3v) is 4.02. The Labute approximate surface area is 129 Å². The summed E-state index contributed by atoms with van der Waals surface area (Å²) in [6, 6.07) is 0. The van der Waals surface area contributed by atoms with Crippen LogP contribution in [-0.2, 0) is 13.0 Å². The number of piperazine rings is 1. The quantitative estimate of drug-likeness (QED) is 0.707. The van der Waals surface area contributed by atoms with Crippen LogP contribution in [0.15, 0.2) is 6.20 Å². The second-order valence-corrected chi connectivity index (χ2v) is 6.58. The van der Waals surface area contributed by atoms with Crippen molar-refractivity contribution in [3.05, 3.63) is 11.9 Å². The number of rotatable bonds is 9.